The maximum Gasteiger partial charge on any atom is 0.231 e. The first-order chi connectivity index (χ1) is 10.8. The zero-order valence-corrected chi connectivity index (χ0v) is 12.7. The van der Waals surface area contributed by atoms with Crippen LogP contribution in [0.3, 0.4) is 0 Å². The summed E-state index contributed by atoms with van der Waals surface area (Å²) in [7, 11) is 0. The van der Waals surface area contributed by atoms with Gasteiger partial charge in [-0.3, -0.25) is 4.79 Å². The Balaban J connectivity index is 1.43. The largest absolute Gasteiger partial charge is 0.454 e. The van der Waals surface area contributed by atoms with Crippen molar-refractivity contribution < 1.29 is 14.3 Å². The van der Waals surface area contributed by atoms with Gasteiger partial charge in [0.05, 0.1) is 0 Å². The van der Waals surface area contributed by atoms with Gasteiger partial charge in [0.25, 0.3) is 0 Å². The molecular formula is C18H21NO3. The normalized spacial score (nSPS) is 26.5. The second-order valence-electron chi connectivity index (χ2n) is 6.36. The topological polar surface area (TPSA) is 38.8 Å². The number of amides is 1. The molecule has 4 rings (SSSR count). The highest BCUT2D eigenvalue weighted by atomic mass is 16.7. The molecule has 4 nitrogen and oxygen atoms in total. The fraction of sp³-hybridized carbons (Fsp3) is 0.500. The molecule has 0 spiro atoms. The molecule has 1 saturated heterocycles. The summed E-state index contributed by atoms with van der Waals surface area (Å²) in [5.74, 6) is 2.61. The average Bonchev–Trinajstić information content (AvgIpc) is 3.23. The van der Waals surface area contributed by atoms with E-state index in [1.54, 1.807) is 0 Å². The molecule has 0 radical (unpaired) electrons. The Morgan fingerprint density at radius 1 is 1.14 bits per heavy atom. The summed E-state index contributed by atoms with van der Waals surface area (Å²) in [4.78, 5) is 14.7. The van der Waals surface area contributed by atoms with Crippen LogP contribution in [0.2, 0.25) is 0 Å². The van der Waals surface area contributed by atoms with Crippen LogP contribution in [0, 0.1) is 5.92 Å². The second kappa shape index (κ2) is 5.67. The molecule has 2 unspecified atom stereocenters. The van der Waals surface area contributed by atoms with E-state index in [1.807, 2.05) is 6.07 Å². The molecule has 0 aromatic heterocycles. The van der Waals surface area contributed by atoms with Crippen molar-refractivity contribution in [3.63, 3.8) is 0 Å². The van der Waals surface area contributed by atoms with Crippen molar-refractivity contribution in [2.75, 3.05) is 19.9 Å². The van der Waals surface area contributed by atoms with Gasteiger partial charge in [-0.25, -0.2) is 0 Å². The molecule has 0 saturated carbocycles. The summed E-state index contributed by atoms with van der Waals surface area (Å²) in [5, 5.41) is 0. The summed E-state index contributed by atoms with van der Waals surface area (Å²) in [6.45, 7) is 2.01. The maximum absolute atomic E-state index is 12.6. The Labute approximate surface area is 130 Å². The summed E-state index contributed by atoms with van der Waals surface area (Å²) < 4.78 is 10.8. The van der Waals surface area contributed by atoms with Crippen LogP contribution in [-0.2, 0) is 4.79 Å². The Kier molecular flexibility index (Phi) is 3.53. The molecule has 4 heteroatoms. The van der Waals surface area contributed by atoms with Crippen molar-refractivity contribution >= 4 is 5.91 Å². The van der Waals surface area contributed by atoms with E-state index in [0.29, 0.717) is 18.6 Å². The van der Waals surface area contributed by atoms with Gasteiger partial charge < -0.3 is 14.4 Å². The fourth-order valence-corrected chi connectivity index (χ4v) is 3.68. The van der Waals surface area contributed by atoms with Gasteiger partial charge in [-0.15, -0.1) is 0 Å². The number of fused-ring (bicyclic) bond motifs is 1. The maximum atomic E-state index is 12.6. The van der Waals surface area contributed by atoms with E-state index in [9.17, 15) is 4.79 Å². The van der Waals surface area contributed by atoms with Crippen LogP contribution in [0.5, 0.6) is 11.5 Å². The third kappa shape index (κ3) is 2.47. The van der Waals surface area contributed by atoms with Gasteiger partial charge in [0, 0.05) is 24.9 Å². The number of likely N-dealkylation sites (tertiary alicyclic amines) is 1. The standard InChI is InChI=1S/C18H21NO3/c20-18(13-4-2-1-3-5-13)19-9-8-15(11-19)14-6-7-16-17(10-14)22-12-21-16/h1-2,6-7,10,13,15H,3-5,8-9,11-12H2. The lowest BCUT2D eigenvalue weighted by molar-refractivity contribution is -0.134. The van der Waals surface area contributed by atoms with Crippen LogP contribution in [-0.4, -0.2) is 30.7 Å². The summed E-state index contributed by atoms with van der Waals surface area (Å²) >= 11 is 0. The minimum atomic E-state index is 0.195. The number of carbonyl (C=O) groups excluding carboxylic acids is 1. The molecule has 1 aromatic carbocycles. The molecule has 1 aliphatic carbocycles. The van der Waals surface area contributed by atoms with Gasteiger partial charge >= 0.3 is 0 Å². The lowest BCUT2D eigenvalue weighted by atomic mass is 9.93. The highest BCUT2D eigenvalue weighted by Gasteiger charge is 2.32. The zero-order chi connectivity index (χ0) is 14.9. The first kappa shape index (κ1) is 13.7. The van der Waals surface area contributed by atoms with Crippen molar-refractivity contribution in [2.45, 2.75) is 31.6 Å². The SMILES string of the molecule is O=C(C1CC=CCC1)N1CCC(c2ccc3c(c2)OCO3)C1. The predicted molar refractivity (Wildman–Crippen MR) is 83.0 cm³/mol. The monoisotopic (exact) mass is 299 g/mol. The number of benzene rings is 1. The number of rotatable bonds is 2. The Hall–Kier alpha value is -1.97. The summed E-state index contributed by atoms with van der Waals surface area (Å²) in [6, 6.07) is 6.16. The molecule has 2 atom stereocenters. The highest BCUT2D eigenvalue weighted by Crippen LogP contribution is 2.37. The van der Waals surface area contributed by atoms with Crippen molar-refractivity contribution in [1.82, 2.24) is 4.90 Å². The van der Waals surface area contributed by atoms with Crippen molar-refractivity contribution in [3.8, 4) is 11.5 Å². The number of hydrogen-bond donors (Lipinski definition) is 0. The molecule has 2 aliphatic heterocycles. The molecule has 1 aromatic rings. The number of allylic oxidation sites excluding steroid dienone is 2. The molecule has 1 fully saturated rings. The predicted octanol–water partition coefficient (Wildman–Crippen LogP) is 3.09. The molecule has 116 valence electrons. The smallest absolute Gasteiger partial charge is 0.231 e. The fourth-order valence-electron chi connectivity index (χ4n) is 3.68. The summed E-state index contributed by atoms with van der Waals surface area (Å²) in [6.07, 6.45) is 8.31. The number of nitrogens with zero attached hydrogens (tertiary/aromatic N) is 1. The van der Waals surface area contributed by atoms with Crippen molar-refractivity contribution in [1.29, 1.82) is 0 Å². The average molecular weight is 299 g/mol. The van der Waals surface area contributed by atoms with E-state index in [2.05, 4.69) is 29.2 Å². The lowest BCUT2D eigenvalue weighted by Gasteiger charge is -2.24. The van der Waals surface area contributed by atoms with Gasteiger partial charge in [0.15, 0.2) is 11.5 Å². The molecular weight excluding hydrogens is 278 g/mol. The van der Waals surface area contributed by atoms with Gasteiger partial charge in [0.1, 0.15) is 0 Å². The molecule has 22 heavy (non-hydrogen) atoms. The molecule has 0 bridgehead atoms. The Morgan fingerprint density at radius 2 is 2.05 bits per heavy atom. The number of hydrogen-bond acceptors (Lipinski definition) is 3. The summed E-state index contributed by atoms with van der Waals surface area (Å²) in [5.41, 5.74) is 1.25. The van der Waals surface area contributed by atoms with E-state index in [-0.39, 0.29) is 5.92 Å². The van der Waals surface area contributed by atoms with Crippen LogP contribution in [0.4, 0.5) is 0 Å². The molecule has 3 aliphatic rings. The third-order valence-corrected chi connectivity index (χ3v) is 4.99. The van der Waals surface area contributed by atoms with Gasteiger partial charge in [-0.2, -0.15) is 0 Å². The molecule has 2 heterocycles. The number of carbonyl (C=O) groups is 1. The van der Waals surface area contributed by atoms with Crippen molar-refractivity contribution in [2.24, 2.45) is 5.92 Å². The van der Waals surface area contributed by atoms with E-state index >= 15 is 0 Å². The molecule has 0 N–H and O–H groups in total. The zero-order valence-electron chi connectivity index (χ0n) is 12.7. The first-order valence-corrected chi connectivity index (χ1v) is 8.14. The Morgan fingerprint density at radius 3 is 2.91 bits per heavy atom. The van der Waals surface area contributed by atoms with E-state index < -0.39 is 0 Å². The van der Waals surface area contributed by atoms with Crippen LogP contribution in [0.15, 0.2) is 30.4 Å². The highest BCUT2D eigenvalue weighted by molar-refractivity contribution is 5.79. The van der Waals surface area contributed by atoms with E-state index in [4.69, 9.17) is 9.47 Å². The molecule has 1 amide bonds. The van der Waals surface area contributed by atoms with E-state index in [0.717, 1.165) is 50.3 Å². The quantitative estimate of drug-likeness (QED) is 0.788. The second-order valence-corrected chi connectivity index (χ2v) is 6.36. The van der Waals surface area contributed by atoms with Crippen LogP contribution < -0.4 is 9.47 Å². The van der Waals surface area contributed by atoms with Crippen LogP contribution in [0.1, 0.15) is 37.2 Å². The van der Waals surface area contributed by atoms with E-state index in [1.165, 1.54) is 5.56 Å². The van der Waals surface area contributed by atoms with Crippen LogP contribution in [0.25, 0.3) is 0 Å². The third-order valence-electron chi connectivity index (χ3n) is 4.99. The lowest BCUT2D eigenvalue weighted by Crippen LogP contribution is -2.34. The van der Waals surface area contributed by atoms with Crippen molar-refractivity contribution in [3.05, 3.63) is 35.9 Å². The minimum absolute atomic E-state index is 0.195. The Bertz CT molecular complexity index is 610. The van der Waals surface area contributed by atoms with Crippen LogP contribution >= 0.6 is 0 Å². The van der Waals surface area contributed by atoms with Gasteiger partial charge in [-0.05, 0) is 43.4 Å². The number of ether oxygens (including phenoxy) is 2. The first-order valence-electron chi connectivity index (χ1n) is 8.14. The minimum Gasteiger partial charge on any atom is -0.454 e. The van der Waals surface area contributed by atoms with Gasteiger partial charge in [-0.1, -0.05) is 18.2 Å². The van der Waals surface area contributed by atoms with Gasteiger partial charge in [0.2, 0.25) is 12.7 Å².